The van der Waals surface area contributed by atoms with Gasteiger partial charge in [-0.05, 0) is 50.1 Å². The number of carbonyl (C=O) groups excluding carboxylic acids is 1. The first-order valence-electron chi connectivity index (χ1n) is 10.4. The maximum absolute atomic E-state index is 13.4. The molecule has 7 heteroatoms. The molecule has 0 aliphatic carbocycles. The van der Waals surface area contributed by atoms with Crippen molar-refractivity contribution in [3.8, 4) is 5.75 Å². The zero-order valence-electron chi connectivity index (χ0n) is 18.0. The van der Waals surface area contributed by atoms with Gasteiger partial charge in [0.2, 0.25) is 5.91 Å². The van der Waals surface area contributed by atoms with Crippen molar-refractivity contribution in [3.05, 3.63) is 71.5 Å². The van der Waals surface area contributed by atoms with Gasteiger partial charge in [-0.15, -0.1) is 0 Å². The topological polar surface area (TPSA) is 60.2 Å². The van der Waals surface area contributed by atoms with E-state index in [1.54, 1.807) is 11.1 Å². The van der Waals surface area contributed by atoms with Gasteiger partial charge in [-0.1, -0.05) is 41.2 Å². The highest BCUT2D eigenvalue weighted by Gasteiger charge is 2.22. The Kier molecular flexibility index (Phi) is 6.32. The van der Waals surface area contributed by atoms with Crippen molar-refractivity contribution in [2.45, 2.75) is 33.7 Å². The van der Waals surface area contributed by atoms with Crippen LogP contribution in [-0.4, -0.2) is 33.8 Å². The minimum atomic E-state index is 0.0242. The molecule has 4 aromatic rings. The number of amides is 1. The van der Waals surface area contributed by atoms with E-state index < -0.39 is 0 Å². The smallest absolute Gasteiger partial charge is 0.233 e. The monoisotopic (exact) mass is 434 g/mol. The van der Waals surface area contributed by atoms with E-state index in [-0.39, 0.29) is 5.91 Å². The maximum Gasteiger partial charge on any atom is 0.233 e. The fourth-order valence-electron chi connectivity index (χ4n) is 3.56. The van der Waals surface area contributed by atoms with Gasteiger partial charge in [0.05, 0.1) is 24.3 Å². The lowest BCUT2D eigenvalue weighted by Crippen LogP contribution is -2.35. The third-order valence-corrected chi connectivity index (χ3v) is 6.20. The van der Waals surface area contributed by atoms with E-state index in [9.17, 15) is 4.79 Å². The van der Waals surface area contributed by atoms with Crippen molar-refractivity contribution in [2.24, 2.45) is 0 Å². The Morgan fingerprint density at radius 1 is 1.19 bits per heavy atom. The Morgan fingerprint density at radius 3 is 2.81 bits per heavy atom. The lowest BCUT2D eigenvalue weighted by atomic mass is 10.0. The van der Waals surface area contributed by atoms with Crippen LogP contribution in [-0.2, 0) is 17.8 Å². The molecule has 2 aromatic carbocycles. The number of hydrogen-bond donors (Lipinski definition) is 0. The van der Waals surface area contributed by atoms with Crippen LogP contribution >= 0.6 is 11.3 Å². The average molecular weight is 435 g/mol. The number of hydrogen-bond acceptors (Lipinski definition) is 5. The number of anilines is 1. The molecule has 2 aromatic heterocycles. The minimum Gasteiger partial charge on any atom is -0.492 e. The fraction of sp³-hybridized carbons (Fsp3) is 0.292. The molecule has 31 heavy (non-hydrogen) atoms. The largest absolute Gasteiger partial charge is 0.492 e. The summed E-state index contributed by atoms with van der Waals surface area (Å²) >= 11 is 1.51. The second-order valence-electron chi connectivity index (χ2n) is 7.45. The van der Waals surface area contributed by atoms with Gasteiger partial charge in [-0.25, -0.2) is 4.98 Å². The van der Waals surface area contributed by atoms with Crippen LogP contribution in [0.2, 0.25) is 0 Å². The third kappa shape index (κ3) is 4.77. The van der Waals surface area contributed by atoms with Crippen molar-refractivity contribution in [1.82, 2.24) is 14.8 Å². The molecule has 0 radical (unpaired) electrons. The van der Waals surface area contributed by atoms with Crippen LogP contribution in [0.25, 0.3) is 10.2 Å². The Hall–Kier alpha value is -3.19. The molecular formula is C24H26N4O2S. The number of rotatable bonds is 8. The molecule has 1 amide bonds. The van der Waals surface area contributed by atoms with Crippen molar-refractivity contribution in [1.29, 1.82) is 0 Å². The summed E-state index contributed by atoms with van der Waals surface area (Å²) < 4.78 is 8.57. The molecule has 160 valence electrons. The van der Waals surface area contributed by atoms with E-state index >= 15 is 0 Å². The summed E-state index contributed by atoms with van der Waals surface area (Å²) in [6.07, 6.45) is 3.98. The average Bonchev–Trinajstić information content (AvgIpc) is 3.41. The first kappa shape index (κ1) is 21.1. The second-order valence-corrected chi connectivity index (χ2v) is 8.46. The summed E-state index contributed by atoms with van der Waals surface area (Å²) in [5.41, 5.74) is 4.16. The van der Waals surface area contributed by atoms with E-state index in [2.05, 4.69) is 31.1 Å². The minimum absolute atomic E-state index is 0.0242. The van der Waals surface area contributed by atoms with Crippen LogP contribution in [0.3, 0.4) is 0 Å². The third-order valence-electron chi connectivity index (χ3n) is 5.15. The molecule has 2 heterocycles. The van der Waals surface area contributed by atoms with Crippen molar-refractivity contribution >= 4 is 32.6 Å². The van der Waals surface area contributed by atoms with Crippen molar-refractivity contribution in [3.63, 3.8) is 0 Å². The van der Waals surface area contributed by atoms with Gasteiger partial charge in [0.15, 0.2) is 5.13 Å². The Morgan fingerprint density at radius 2 is 2.06 bits per heavy atom. The molecule has 0 fully saturated rings. The van der Waals surface area contributed by atoms with Crippen molar-refractivity contribution in [2.75, 3.05) is 18.1 Å². The zero-order chi connectivity index (χ0) is 21.8. The number of aromatic nitrogens is 3. The molecule has 0 saturated carbocycles. The predicted molar refractivity (Wildman–Crippen MR) is 125 cm³/mol. The molecule has 0 aliphatic heterocycles. The zero-order valence-corrected chi connectivity index (χ0v) is 18.9. The van der Waals surface area contributed by atoms with Gasteiger partial charge in [-0.3, -0.25) is 14.4 Å². The number of carbonyl (C=O) groups is 1. The van der Waals surface area contributed by atoms with Gasteiger partial charge >= 0.3 is 0 Å². The summed E-state index contributed by atoms with van der Waals surface area (Å²) in [5.74, 6) is 0.771. The van der Waals surface area contributed by atoms with Crippen LogP contribution in [0.15, 0.2) is 54.9 Å². The van der Waals surface area contributed by atoms with Crippen LogP contribution in [0.5, 0.6) is 5.75 Å². The summed E-state index contributed by atoms with van der Waals surface area (Å²) in [5, 5.41) is 4.96. The standard InChI is InChI=1S/C24H26N4O2S/c1-4-30-20-7-5-8-21-23(20)26-24(31-21)28(14-13-27-12-6-11-25-27)22(29)16-19-10-9-17(2)15-18(19)3/h5-12,15H,4,13-14,16H2,1-3H3. The van der Waals surface area contributed by atoms with Crippen molar-refractivity contribution < 1.29 is 9.53 Å². The fourth-order valence-corrected chi connectivity index (χ4v) is 4.59. The quantitative estimate of drug-likeness (QED) is 0.400. The van der Waals surface area contributed by atoms with Gasteiger partial charge in [0.25, 0.3) is 0 Å². The normalized spacial score (nSPS) is 11.1. The molecule has 0 bridgehead atoms. The Bertz CT molecular complexity index is 1180. The summed E-state index contributed by atoms with van der Waals surface area (Å²) in [7, 11) is 0. The first-order valence-corrected chi connectivity index (χ1v) is 11.2. The van der Waals surface area contributed by atoms with E-state index in [1.807, 2.05) is 48.1 Å². The highest BCUT2D eigenvalue weighted by Crippen LogP contribution is 2.34. The Labute approximate surface area is 186 Å². The number of benzene rings is 2. The van der Waals surface area contributed by atoms with Crippen LogP contribution in [0, 0.1) is 13.8 Å². The van der Waals surface area contributed by atoms with Crippen LogP contribution < -0.4 is 9.64 Å². The number of fused-ring (bicyclic) bond motifs is 1. The van der Waals surface area contributed by atoms with E-state index in [4.69, 9.17) is 9.72 Å². The lowest BCUT2D eigenvalue weighted by molar-refractivity contribution is -0.118. The molecule has 6 nitrogen and oxygen atoms in total. The molecule has 0 spiro atoms. The van der Waals surface area contributed by atoms with Gasteiger partial charge in [-0.2, -0.15) is 5.10 Å². The van der Waals surface area contributed by atoms with Crippen LogP contribution in [0.1, 0.15) is 23.6 Å². The van der Waals surface area contributed by atoms with E-state index in [0.29, 0.717) is 31.2 Å². The van der Waals surface area contributed by atoms with Crippen LogP contribution in [0.4, 0.5) is 5.13 Å². The molecule has 4 rings (SSSR count). The molecule has 0 atom stereocenters. The predicted octanol–water partition coefficient (Wildman–Crippen LogP) is 4.78. The summed E-state index contributed by atoms with van der Waals surface area (Å²) in [6.45, 7) is 7.73. The maximum atomic E-state index is 13.4. The Balaban J connectivity index is 1.65. The lowest BCUT2D eigenvalue weighted by Gasteiger charge is -2.20. The molecule has 0 unspecified atom stereocenters. The second kappa shape index (κ2) is 9.31. The highest BCUT2D eigenvalue weighted by molar-refractivity contribution is 7.22. The number of nitrogens with zero attached hydrogens (tertiary/aromatic N) is 4. The summed E-state index contributed by atoms with van der Waals surface area (Å²) in [4.78, 5) is 20.0. The number of aryl methyl sites for hydroxylation is 2. The summed E-state index contributed by atoms with van der Waals surface area (Å²) in [6, 6.07) is 14.0. The molecule has 0 N–H and O–H groups in total. The van der Waals surface area contributed by atoms with E-state index in [1.165, 1.54) is 16.9 Å². The SMILES string of the molecule is CCOc1cccc2sc(N(CCn3cccn3)C(=O)Cc3ccc(C)cc3C)nc12. The van der Waals surface area contributed by atoms with Gasteiger partial charge in [0.1, 0.15) is 11.3 Å². The van der Waals surface area contributed by atoms with Gasteiger partial charge < -0.3 is 4.74 Å². The highest BCUT2D eigenvalue weighted by atomic mass is 32.1. The molecular weight excluding hydrogens is 408 g/mol. The first-order chi connectivity index (χ1) is 15.0. The number of thiazole rings is 1. The number of ether oxygens (including phenoxy) is 1. The molecule has 0 saturated heterocycles. The number of para-hydroxylation sites is 1. The van der Waals surface area contributed by atoms with E-state index in [0.717, 1.165) is 27.1 Å². The molecule has 0 aliphatic rings. The van der Waals surface area contributed by atoms with Gasteiger partial charge in [0, 0.05) is 18.9 Å².